The van der Waals surface area contributed by atoms with E-state index in [1.165, 1.54) is 0 Å². The summed E-state index contributed by atoms with van der Waals surface area (Å²) < 4.78 is 1.75. The summed E-state index contributed by atoms with van der Waals surface area (Å²) in [4.78, 5) is 36.3. The molecule has 1 N–H and O–H groups in total. The summed E-state index contributed by atoms with van der Waals surface area (Å²) in [7, 11) is 3.90. The number of amides is 2. The number of hydrazine groups is 1. The first-order valence-corrected chi connectivity index (χ1v) is 11.5. The second-order valence-corrected chi connectivity index (χ2v) is 9.37. The number of likely N-dealkylation sites (N-methyl/N-ethyl adjacent to an activating group) is 1. The van der Waals surface area contributed by atoms with Crippen LogP contribution in [0.3, 0.4) is 0 Å². The summed E-state index contributed by atoms with van der Waals surface area (Å²) in [5.74, 6) is 1.06. The number of anilines is 1. The van der Waals surface area contributed by atoms with Gasteiger partial charge in [-0.2, -0.15) is 5.26 Å². The molecular weight excluding hydrogens is 408 g/mol. The Morgan fingerprint density at radius 2 is 1.84 bits per heavy atom. The molecule has 0 bridgehead atoms. The second-order valence-electron chi connectivity index (χ2n) is 9.37. The molecule has 0 spiro atoms. The van der Waals surface area contributed by atoms with Gasteiger partial charge in [0.25, 0.3) is 5.91 Å². The fourth-order valence-electron chi connectivity index (χ4n) is 4.32. The zero-order chi connectivity index (χ0) is 23.3. The minimum Gasteiger partial charge on any atom is -0.340 e. The second kappa shape index (κ2) is 10.8. The highest BCUT2D eigenvalue weighted by Crippen LogP contribution is 2.20. The third kappa shape index (κ3) is 6.20. The average molecular weight is 445 g/mol. The van der Waals surface area contributed by atoms with E-state index in [1.807, 2.05) is 18.0 Å². The molecule has 3 rings (SSSR count). The van der Waals surface area contributed by atoms with Gasteiger partial charge in [-0.05, 0) is 38.9 Å². The van der Waals surface area contributed by atoms with Crippen LogP contribution in [0.15, 0.2) is 6.20 Å². The van der Waals surface area contributed by atoms with E-state index in [0.717, 1.165) is 52.1 Å². The Labute approximate surface area is 190 Å². The first-order chi connectivity index (χ1) is 15.3. The molecule has 2 aliphatic heterocycles. The number of nitrogens with zero attached hydrogens (tertiary/aromatic N) is 7. The lowest BCUT2D eigenvalue weighted by atomic mass is 9.95. The fourth-order valence-corrected chi connectivity index (χ4v) is 4.32. The SMILES string of the molecule is CC(C)CN(NC(=O)CN1CCC(C(=O)N2CCN(C)CC2)CC1)c1nc(C#N)cn1C. The van der Waals surface area contributed by atoms with Crippen LogP contribution < -0.4 is 10.4 Å². The summed E-state index contributed by atoms with van der Waals surface area (Å²) in [6, 6.07) is 2.04. The van der Waals surface area contributed by atoms with E-state index in [9.17, 15) is 9.59 Å². The Bertz CT molecular complexity index is 829. The number of imidazole rings is 1. The molecule has 2 fully saturated rings. The molecule has 2 amide bonds. The quantitative estimate of drug-likeness (QED) is 0.603. The molecule has 0 saturated carbocycles. The summed E-state index contributed by atoms with van der Waals surface area (Å²) >= 11 is 0. The van der Waals surface area contributed by atoms with E-state index in [4.69, 9.17) is 5.26 Å². The van der Waals surface area contributed by atoms with Crippen LogP contribution in [-0.2, 0) is 16.6 Å². The van der Waals surface area contributed by atoms with Gasteiger partial charge in [0, 0.05) is 51.9 Å². The van der Waals surface area contributed by atoms with Crippen LogP contribution in [0.5, 0.6) is 0 Å². The number of carbonyl (C=O) groups excluding carboxylic acids is 2. The maximum atomic E-state index is 12.8. The minimum absolute atomic E-state index is 0.0622. The number of nitrogens with one attached hydrogen (secondary N) is 1. The topological polar surface area (TPSA) is 101 Å². The predicted molar refractivity (Wildman–Crippen MR) is 121 cm³/mol. The monoisotopic (exact) mass is 444 g/mol. The van der Waals surface area contributed by atoms with Gasteiger partial charge in [-0.25, -0.2) is 4.98 Å². The van der Waals surface area contributed by atoms with Crippen LogP contribution in [0, 0.1) is 23.2 Å². The number of likely N-dealkylation sites (tertiary alicyclic amines) is 1. The van der Waals surface area contributed by atoms with Crippen molar-refractivity contribution in [2.75, 3.05) is 64.4 Å². The van der Waals surface area contributed by atoms with Crippen molar-refractivity contribution >= 4 is 17.8 Å². The lowest BCUT2D eigenvalue weighted by Crippen LogP contribution is -2.52. The zero-order valence-electron chi connectivity index (χ0n) is 19.8. The van der Waals surface area contributed by atoms with E-state index in [2.05, 4.69) is 41.1 Å². The van der Waals surface area contributed by atoms with Crippen molar-refractivity contribution in [3.05, 3.63) is 11.9 Å². The van der Waals surface area contributed by atoms with Crippen LogP contribution in [0.25, 0.3) is 0 Å². The van der Waals surface area contributed by atoms with Gasteiger partial charge in [-0.15, -0.1) is 0 Å². The number of hydrogen-bond donors (Lipinski definition) is 1. The largest absolute Gasteiger partial charge is 0.340 e. The Hall–Kier alpha value is -2.64. The van der Waals surface area contributed by atoms with E-state index in [0.29, 0.717) is 24.1 Å². The molecule has 0 aromatic carbocycles. The summed E-state index contributed by atoms with van der Waals surface area (Å²) in [5, 5.41) is 10.8. The molecule has 3 heterocycles. The minimum atomic E-state index is -0.115. The van der Waals surface area contributed by atoms with Crippen molar-refractivity contribution in [2.24, 2.45) is 18.9 Å². The standard InChI is InChI=1S/C22H36N8O2/c1-17(2)14-30(22-24-19(13-23)15-27(22)4)25-20(31)16-28-7-5-18(6-8-28)21(32)29-11-9-26(3)10-12-29/h15,17-18H,5-12,14,16H2,1-4H3,(H,25,31). The molecule has 176 valence electrons. The maximum Gasteiger partial charge on any atom is 0.252 e. The van der Waals surface area contributed by atoms with Crippen LogP contribution >= 0.6 is 0 Å². The third-order valence-electron chi connectivity index (χ3n) is 6.13. The molecule has 0 radical (unpaired) electrons. The lowest BCUT2D eigenvalue weighted by Gasteiger charge is -2.37. The molecule has 0 unspecified atom stereocenters. The number of aryl methyl sites for hydroxylation is 1. The van der Waals surface area contributed by atoms with Crippen LogP contribution in [0.4, 0.5) is 5.95 Å². The van der Waals surface area contributed by atoms with Crippen molar-refractivity contribution in [2.45, 2.75) is 26.7 Å². The van der Waals surface area contributed by atoms with Crippen molar-refractivity contribution in [3.8, 4) is 6.07 Å². The summed E-state index contributed by atoms with van der Waals surface area (Å²) in [5.41, 5.74) is 3.28. The average Bonchev–Trinajstić information content (AvgIpc) is 3.14. The van der Waals surface area contributed by atoms with Gasteiger partial charge in [0.2, 0.25) is 11.9 Å². The van der Waals surface area contributed by atoms with E-state index >= 15 is 0 Å². The van der Waals surface area contributed by atoms with E-state index < -0.39 is 0 Å². The van der Waals surface area contributed by atoms with Crippen molar-refractivity contribution in [1.29, 1.82) is 5.26 Å². The molecular formula is C22H36N8O2. The van der Waals surface area contributed by atoms with E-state index in [1.54, 1.807) is 15.8 Å². The Balaban J connectivity index is 1.50. The Morgan fingerprint density at radius 3 is 2.41 bits per heavy atom. The molecule has 1 aromatic heterocycles. The molecule has 0 aliphatic carbocycles. The van der Waals surface area contributed by atoms with Gasteiger partial charge in [-0.3, -0.25) is 24.9 Å². The van der Waals surface area contributed by atoms with Crippen molar-refractivity contribution in [1.82, 2.24) is 29.7 Å². The molecule has 2 aliphatic rings. The van der Waals surface area contributed by atoms with Gasteiger partial charge in [0.05, 0.1) is 6.54 Å². The molecule has 10 nitrogen and oxygen atoms in total. The smallest absolute Gasteiger partial charge is 0.252 e. The highest BCUT2D eigenvalue weighted by molar-refractivity contribution is 5.80. The number of carbonyl (C=O) groups is 2. The van der Waals surface area contributed by atoms with Crippen molar-refractivity contribution < 1.29 is 9.59 Å². The van der Waals surface area contributed by atoms with Gasteiger partial charge < -0.3 is 14.4 Å². The third-order valence-corrected chi connectivity index (χ3v) is 6.13. The molecule has 2 saturated heterocycles. The number of rotatable bonds is 7. The first-order valence-electron chi connectivity index (χ1n) is 11.5. The fraction of sp³-hybridized carbons (Fsp3) is 0.727. The van der Waals surface area contributed by atoms with Crippen LogP contribution in [0.1, 0.15) is 32.4 Å². The highest BCUT2D eigenvalue weighted by Gasteiger charge is 2.30. The Kier molecular flexibility index (Phi) is 8.10. The number of aromatic nitrogens is 2. The van der Waals surface area contributed by atoms with Crippen LogP contribution in [0.2, 0.25) is 0 Å². The number of nitriles is 1. The number of hydrogen-bond acceptors (Lipinski definition) is 7. The van der Waals surface area contributed by atoms with Gasteiger partial charge in [-0.1, -0.05) is 13.8 Å². The summed E-state index contributed by atoms with van der Waals surface area (Å²) in [6.45, 7) is 9.96. The van der Waals surface area contributed by atoms with Gasteiger partial charge in [0.1, 0.15) is 6.07 Å². The molecule has 32 heavy (non-hydrogen) atoms. The number of piperazine rings is 1. The molecule has 1 aromatic rings. The first kappa shape index (κ1) is 24.0. The van der Waals surface area contributed by atoms with Crippen LogP contribution in [-0.4, -0.2) is 95.5 Å². The maximum absolute atomic E-state index is 12.8. The van der Waals surface area contributed by atoms with Gasteiger partial charge >= 0.3 is 0 Å². The highest BCUT2D eigenvalue weighted by atomic mass is 16.2. The number of piperidine rings is 1. The van der Waals surface area contributed by atoms with Gasteiger partial charge in [0.15, 0.2) is 5.69 Å². The lowest BCUT2D eigenvalue weighted by molar-refractivity contribution is -0.138. The molecule has 10 heteroatoms. The predicted octanol–water partition coefficient (Wildman–Crippen LogP) is 0.271. The van der Waals surface area contributed by atoms with E-state index in [-0.39, 0.29) is 24.3 Å². The molecule has 0 atom stereocenters. The summed E-state index contributed by atoms with van der Waals surface area (Å²) in [6.07, 6.45) is 3.23. The zero-order valence-corrected chi connectivity index (χ0v) is 19.8. The Morgan fingerprint density at radius 1 is 1.19 bits per heavy atom. The normalized spacial score (nSPS) is 18.6. The van der Waals surface area contributed by atoms with Crippen molar-refractivity contribution in [3.63, 3.8) is 0 Å².